The van der Waals surface area contributed by atoms with E-state index in [0.29, 0.717) is 13.1 Å². The number of halogens is 2. The summed E-state index contributed by atoms with van der Waals surface area (Å²) in [6.07, 6.45) is 0.775. The lowest BCUT2D eigenvalue weighted by Gasteiger charge is -2.25. The van der Waals surface area contributed by atoms with Crippen LogP contribution in [0.4, 0.5) is 8.78 Å². The van der Waals surface area contributed by atoms with E-state index in [4.69, 9.17) is 0 Å². The van der Waals surface area contributed by atoms with Gasteiger partial charge in [-0.3, -0.25) is 14.5 Å². The van der Waals surface area contributed by atoms with Crippen molar-refractivity contribution in [2.24, 2.45) is 0 Å². The maximum Gasteiger partial charge on any atom is 0.236 e. The van der Waals surface area contributed by atoms with E-state index < -0.39 is 17.7 Å². The lowest BCUT2D eigenvalue weighted by atomic mass is 10.0. The van der Waals surface area contributed by atoms with Gasteiger partial charge in [0.15, 0.2) is 17.4 Å². The Morgan fingerprint density at radius 2 is 1.95 bits per heavy atom. The molecule has 1 aliphatic rings. The first kappa shape index (κ1) is 15.6. The second kappa shape index (κ2) is 6.30. The fourth-order valence-electron chi connectivity index (χ4n) is 2.40. The van der Waals surface area contributed by atoms with Gasteiger partial charge in [-0.15, -0.1) is 0 Å². The van der Waals surface area contributed by atoms with E-state index in [-0.39, 0.29) is 23.8 Å². The molecule has 0 bridgehead atoms. The van der Waals surface area contributed by atoms with Crippen molar-refractivity contribution in [2.45, 2.75) is 19.4 Å². The smallest absolute Gasteiger partial charge is 0.236 e. The monoisotopic (exact) mass is 296 g/mol. The zero-order valence-corrected chi connectivity index (χ0v) is 12.1. The minimum atomic E-state index is -1.04. The van der Waals surface area contributed by atoms with Crippen molar-refractivity contribution in [1.82, 2.24) is 9.80 Å². The molecule has 1 fully saturated rings. The summed E-state index contributed by atoms with van der Waals surface area (Å²) >= 11 is 0. The summed E-state index contributed by atoms with van der Waals surface area (Å²) in [7, 11) is 1.73. The van der Waals surface area contributed by atoms with Crippen LogP contribution in [-0.4, -0.2) is 54.2 Å². The van der Waals surface area contributed by atoms with Crippen molar-refractivity contribution >= 4 is 11.7 Å². The third-order valence-corrected chi connectivity index (χ3v) is 3.83. The molecule has 21 heavy (non-hydrogen) atoms. The normalized spacial score (nSPS) is 18.5. The Balaban J connectivity index is 2.14. The molecule has 0 saturated carbocycles. The number of likely N-dealkylation sites (N-methyl/N-ethyl adjacent to an activating group) is 1. The fourth-order valence-corrected chi connectivity index (χ4v) is 2.40. The first-order chi connectivity index (χ1) is 9.90. The minimum Gasteiger partial charge on any atom is -0.345 e. The molecule has 1 amide bonds. The number of hydrogen-bond donors (Lipinski definition) is 0. The van der Waals surface area contributed by atoms with Crippen molar-refractivity contribution in [3.8, 4) is 0 Å². The predicted octanol–water partition coefficient (Wildman–Crippen LogP) is 1.70. The van der Waals surface area contributed by atoms with Crippen LogP contribution in [0.2, 0.25) is 0 Å². The number of carbonyl (C=O) groups excluding carboxylic acids is 2. The Bertz CT molecular complexity index is 563. The molecule has 1 unspecified atom stereocenters. The van der Waals surface area contributed by atoms with Gasteiger partial charge in [-0.25, -0.2) is 8.78 Å². The molecule has 0 N–H and O–H groups in total. The molecule has 4 nitrogen and oxygen atoms in total. The summed E-state index contributed by atoms with van der Waals surface area (Å²) in [5.74, 6) is -2.38. The van der Waals surface area contributed by atoms with Crippen molar-refractivity contribution in [3.05, 3.63) is 35.4 Å². The van der Waals surface area contributed by atoms with Crippen LogP contribution in [0.1, 0.15) is 23.7 Å². The van der Waals surface area contributed by atoms with Gasteiger partial charge in [0, 0.05) is 25.7 Å². The lowest BCUT2D eigenvalue weighted by Crippen LogP contribution is -2.43. The molecule has 1 aliphatic heterocycles. The molecule has 1 heterocycles. The Morgan fingerprint density at radius 3 is 2.62 bits per heavy atom. The number of nitrogens with zero attached hydrogens (tertiary/aromatic N) is 2. The zero-order valence-electron chi connectivity index (χ0n) is 12.1. The molecule has 0 aliphatic carbocycles. The van der Waals surface area contributed by atoms with Gasteiger partial charge in [0.2, 0.25) is 5.91 Å². The van der Waals surface area contributed by atoms with Crippen LogP contribution in [-0.2, 0) is 4.79 Å². The van der Waals surface area contributed by atoms with E-state index in [0.717, 1.165) is 18.6 Å². The standard InChI is InChI=1S/C15H18F2N2O2/c1-10(19-7-3-6-18(2)14(20)9-19)15(21)11-4-5-12(16)13(17)8-11/h4-5,8,10H,3,6-7,9H2,1-2H3. The first-order valence-corrected chi connectivity index (χ1v) is 6.87. The van der Waals surface area contributed by atoms with E-state index in [9.17, 15) is 18.4 Å². The molecule has 0 radical (unpaired) electrons. The molecule has 0 spiro atoms. The summed E-state index contributed by atoms with van der Waals surface area (Å²) < 4.78 is 26.1. The third-order valence-electron chi connectivity index (χ3n) is 3.83. The Morgan fingerprint density at radius 1 is 1.24 bits per heavy atom. The van der Waals surface area contributed by atoms with Gasteiger partial charge in [0.25, 0.3) is 0 Å². The molecular weight excluding hydrogens is 278 g/mol. The molecule has 1 saturated heterocycles. The van der Waals surface area contributed by atoms with E-state index in [1.54, 1.807) is 23.8 Å². The number of amides is 1. The van der Waals surface area contributed by atoms with Gasteiger partial charge in [-0.1, -0.05) is 0 Å². The number of Topliss-reactive ketones (excluding diaryl/α,β-unsaturated/α-hetero) is 1. The summed E-state index contributed by atoms with van der Waals surface area (Å²) in [5.41, 5.74) is 0.117. The summed E-state index contributed by atoms with van der Waals surface area (Å²) in [6.45, 7) is 3.11. The molecule has 1 aromatic carbocycles. The Hall–Kier alpha value is -1.82. The molecule has 6 heteroatoms. The summed E-state index contributed by atoms with van der Waals surface area (Å²) in [4.78, 5) is 27.6. The average molecular weight is 296 g/mol. The molecule has 2 rings (SSSR count). The maximum atomic E-state index is 13.2. The zero-order chi connectivity index (χ0) is 15.6. The number of carbonyl (C=O) groups is 2. The van der Waals surface area contributed by atoms with Crippen LogP contribution in [0.25, 0.3) is 0 Å². The van der Waals surface area contributed by atoms with Gasteiger partial charge in [-0.05, 0) is 31.5 Å². The van der Waals surface area contributed by atoms with Crippen molar-refractivity contribution in [1.29, 1.82) is 0 Å². The molecule has 0 aromatic heterocycles. The van der Waals surface area contributed by atoms with Gasteiger partial charge in [0.1, 0.15) is 0 Å². The Labute approximate surface area is 122 Å². The van der Waals surface area contributed by atoms with E-state index in [2.05, 4.69) is 0 Å². The molecule has 1 atom stereocenters. The van der Waals surface area contributed by atoms with Gasteiger partial charge < -0.3 is 4.90 Å². The van der Waals surface area contributed by atoms with Crippen LogP contribution in [0, 0.1) is 11.6 Å². The van der Waals surface area contributed by atoms with Crippen LogP contribution >= 0.6 is 0 Å². The van der Waals surface area contributed by atoms with Crippen molar-refractivity contribution < 1.29 is 18.4 Å². The fraction of sp³-hybridized carbons (Fsp3) is 0.467. The highest BCUT2D eigenvalue weighted by Crippen LogP contribution is 2.15. The van der Waals surface area contributed by atoms with Crippen LogP contribution < -0.4 is 0 Å². The van der Waals surface area contributed by atoms with Gasteiger partial charge >= 0.3 is 0 Å². The molecule has 114 valence electrons. The summed E-state index contributed by atoms with van der Waals surface area (Å²) in [6, 6.07) is 2.56. The maximum absolute atomic E-state index is 13.2. The second-order valence-corrected chi connectivity index (χ2v) is 5.31. The SMILES string of the molecule is CC(C(=O)c1ccc(F)c(F)c1)N1CCCN(C)C(=O)C1. The second-order valence-electron chi connectivity index (χ2n) is 5.31. The topological polar surface area (TPSA) is 40.6 Å². The quantitative estimate of drug-likeness (QED) is 0.797. The van der Waals surface area contributed by atoms with E-state index in [1.165, 1.54) is 6.07 Å². The van der Waals surface area contributed by atoms with Crippen molar-refractivity contribution in [3.63, 3.8) is 0 Å². The first-order valence-electron chi connectivity index (χ1n) is 6.87. The third kappa shape index (κ3) is 3.44. The average Bonchev–Trinajstić information content (AvgIpc) is 2.62. The number of hydrogen-bond acceptors (Lipinski definition) is 3. The molecule has 1 aromatic rings. The Kier molecular flexibility index (Phi) is 4.67. The van der Waals surface area contributed by atoms with Crippen LogP contribution in [0.15, 0.2) is 18.2 Å². The highest BCUT2D eigenvalue weighted by Gasteiger charge is 2.27. The largest absolute Gasteiger partial charge is 0.345 e. The lowest BCUT2D eigenvalue weighted by molar-refractivity contribution is -0.130. The van der Waals surface area contributed by atoms with Crippen LogP contribution in [0.3, 0.4) is 0 Å². The number of ketones is 1. The number of benzene rings is 1. The minimum absolute atomic E-state index is 0.0440. The van der Waals surface area contributed by atoms with Gasteiger partial charge in [0.05, 0.1) is 12.6 Å². The van der Waals surface area contributed by atoms with Crippen molar-refractivity contribution in [2.75, 3.05) is 26.7 Å². The summed E-state index contributed by atoms with van der Waals surface area (Å²) in [5, 5.41) is 0. The number of rotatable bonds is 3. The van der Waals surface area contributed by atoms with Gasteiger partial charge in [-0.2, -0.15) is 0 Å². The highest BCUT2D eigenvalue weighted by atomic mass is 19.2. The van der Waals surface area contributed by atoms with Crippen LogP contribution in [0.5, 0.6) is 0 Å². The predicted molar refractivity (Wildman–Crippen MR) is 74.0 cm³/mol. The van der Waals surface area contributed by atoms with E-state index in [1.807, 2.05) is 0 Å². The molecular formula is C15H18F2N2O2. The highest BCUT2D eigenvalue weighted by molar-refractivity contribution is 6.00. The van der Waals surface area contributed by atoms with E-state index >= 15 is 0 Å².